The van der Waals surface area contributed by atoms with Gasteiger partial charge in [-0.25, -0.2) is 13.1 Å². The molecule has 2 N–H and O–H groups in total. The molecule has 7 nitrogen and oxygen atoms in total. The molecule has 0 heterocycles. The number of rotatable bonds is 9. The summed E-state index contributed by atoms with van der Waals surface area (Å²) < 4.78 is 32.9. The SMILES string of the molecule is CCN(CC(=O)O)C1CC(NS(=O)(=O)c2ccccc2COC)C1. The largest absolute Gasteiger partial charge is 0.480 e. The maximum atomic E-state index is 12.6. The van der Waals surface area contributed by atoms with Crippen LogP contribution in [0.3, 0.4) is 0 Å². The minimum absolute atomic E-state index is 0.0166. The van der Waals surface area contributed by atoms with Gasteiger partial charge < -0.3 is 9.84 Å². The number of likely N-dealkylation sites (N-methyl/N-ethyl adjacent to an activating group) is 1. The van der Waals surface area contributed by atoms with Crippen molar-refractivity contribution in [2.24, 2.45) is 0 Å². The third-order valence-corrected chi connectivity index (χ3v) is 5.88. The van der Waals surface area contributed by atoms with Crippen molar-refractivity contribution in [3.8, 4) is 0 Å². The van der Waals surface area contributed by atoms with E-state index in [2.05, 4.69) is 4.72 Å². The highest BCUT2D eigenvalue weighted by atomic mass is 32.2. The summed E-state index contributed by atoms with van der Waals surface area (Å²) in [7, 11) is -2.09. The second kappa shape index (κ2) is 8.06. The highest BCUT2D eigenvalue weighted by Crippen LogP contribution is 2.27. The lowest BCUT2D eigenvalue weighted by atomic mass is 9.86. The molecule has 134 valence electrons. The molecule has 1 fully saturated rings. The topological polar surface area (TPSA) is 95.9 Å². The Morgan fingerprint density at radius 3 is 2.62 bits per heavy atom. The zero-order chi connectivity index (χ0) is 17.7. The number of nitrogens with zero attached hydrogens (tertiary/aromatic N) is 1. The van der Waals surface area contributed by atoms with E-state index in [0.29, 0.717) is 24.9 Å². The van der Waals surface area contributed by atoms with Gasteiger partial charge in [0.15, 0.2) is 0 Å². The molecule has 1 aliphatic carbocycles. The van der Waals surface area contributed by atoms with Gasteiger partial charge in [0.1, 0.15) is 0 Å². The van der Waals surface area contributed by atoms with Crippen molar-refractivity contribution in [2.45, 2.75) is 43.4 Å². The van der Waals surface area contributed by atoms with Crippen LogP contribution in [0.25, 0.3) is 0 Å². The van der Waals surface area contributed by atoms with Crippen LogP contribution < -0.4 is 4.72 Å². The van der Waals surface area contributed by atoms with E-state index in [1.54, 1.807) is 24.3 Å². The average Bonchev–Trinajstić information content (AvgIpc) is 2.49. The fraction of sp³-hybridized carbons (Fsp3) is 0.562. The first-order valence-corrected chi connectivity index (χ1v) is 9.40. The van der Waals surface area contributed by atoms with E-state index < -0.39 is 16.0 Å². The fourth-order valence-corrected chi connectivity index (χ4v) is 4.47. The van der Waals surface area contributed by atoms with Gasteiger partial charge in [-0.2, -0.15) is 0 Å². The Labute approximate surface area is 142 Å². The molecule has 0 spiro atoms. The molecular formula is C16H24N2O5S. The van der Waals surface area contributed by atoms with Crippen LogP contribution in [0, 0.1) is 0 Å². The predicted molar refractivity (Wildman–Crippen MR) is 89.2 cm³/mol. The third kappa shape index (κ3) is 4.54. The summed E-state index contributed by atoms with van der Waals surface area (Å²) in [5.41, 5.74) is 0.615. The number of ether oxygens (including phenoxy) is 1. The molecule has 1 aliphatic rings. The Bertz CT molecular complexity index is 671. The zero-order valence-corrected chi connectivity index (χ0v) is 14.8. The van der Waals surface area contributed by atoms with Crippen molar-refractivity contribution in [1.82, 2.24) is 9.62 Å². The fourth-order valence-electron chi connectivity index (χ4n) is 2.98. The van der Waals surface area contributed by atoms with Crippen molar-refractivity contribution < 1.29 is 23.1 Å². The monoisotopic (exact) mass is 356 g/mol. The van der Waals surface area contributed by atoms with Crippen molar-refractivity contribution in [3.05, 3.63) is 29.8 Å². The minimum atomic E-state index is -3.62. The molecule has 0 atom stereocenters. The molecule has 0 radical (unpaired) electrons. The van der Waals surface area contributed by atoms with Crippen LogP contribution >= 0.6 is 0 Å². The molecule has 0 aromatic heterocycles. The summed E-state index contributed by atoms with van der Waals surface area (Å²) in [5, 5.41) is 8.90. The number of aliphatic carboxylic acids is 1. The van der Waals surface area contributed by atoms with E-state index >= 15 is 0 Å². The number of hydrogen-bond acceptors (Lipinski definition) is 5. The van der Waals surface area contributed by atoms with Gasteiger partial charge in [-0.1, -0.05) is 25.1 Å². The zero-order valence-electron chi connectivity index (χ0n) is 13.9. The summed E-state index contributed by atoms with van der Waals surface area (Å²) in [6.45, 7) is 2.75. The first-order valence-electron chi connectivity index (χ1n) is 7.92. The van der Waals surface area contributed by atoms with Crippen molar-refractivity contribution >= 4 is 16.0 Å². The summed E-state index contributed by atoms with van der Waals surface area (Å²) >= 11 is 0. The normalized spacial score (nSPS) is 20.8. The maximum Gasteiger partial charge on any atom is 0.317 e. The molecule has 2 rings (SSSR count). The maximum absolute atomic E-state index is 12.6. The van der Waals surface area contributed by atoms with E-state index in [0.717, 1.165) is 0 Å². The number of sulfonamides is 1. The van der Waals surface area contributed by atoms with Gasteiger partial charge in [-0.05, 0) is 31.0 Å². The molecule has 24 heavy (non-hydrogen) atoms. The van der Waals surface area contributed by atoms with Crippen LogP contribution in [0.2, 0.25) is 0 Å². The van der Waals surface area contributed by atoms with Crippen LogP contribution in [0.15, 0.2) is 29.2 Å². The number of hydrogen-bond donors (Lipinski definition) is 2. The number of nitrogens with one attached hydrogen (secondary N) is 1. The van der Waals surface area contributed by atoms with Crippen LogP contribution in [-0.4, -0.2) is 56.7 Å². The van der Waals surface area contributed by atoms with Crippen molar-refractivity contribution in [2.75, 3.05) is 20.2 Å². The van der Waals surface area contributed by atoms with Gasteiger partial charge in [-0.3, -0.25) is 9.69 Å². The predicted octanol–water partition coefficient (Wildman–Crippen LogP) is 1.05. The highest BCUT2D eigenvalue weighted by molar-refractivity contribution is 7.89. The highest BCUT2D eigenvalue weighted by Gasteiger charge is 2.36. The molecule has 0 bridgehead atoms. The van der Waals surface area contributed by atoms with E-state index in [1.807, 2.05) is 11.8 Å². The van der Waals surface area contributed by atoms with Gasteiger partial charge >= 0.3 is 5.97 Å². The number of carboxylic acids is 1. The molecule has 1 saturated carbocycles. The van der Waals surface area contributed by atoms with E-state index in [1.165, 1.54) is 7.11 Å². The third-order valence-electron chi connectivity index (χ3n) is 4.26. The number of benzene rings is 1. The van der Waals surface area contributed by atoms with Gasteiger partial charge in [-0.15, -0.1) is 0 Å². The lowest BCUT2D eigenvalue weighted by molar-refractivity contribution is -0.139. The molecule has 0 aliphatic heterocycles. The van der Waals surface area contributed by atoms with Crippen molar-refractivity contribution in [1.29, 1.82) is 0 Å². The second-order valence-electron chi connectivity index (χ2n) is 5.94. The van der Waals surface area contributed by atoms with Crippen LogP contribution in [0.5, 0.6) is 0 Å². The first-order chi connectivity index (χ1) is 11.4. The molecule has 1 aromatic rings. The Balaban J connectivity index is 1.99. The standard InChI is InChI=1S/C16H24N2O5S/c1-3-18(10-16(19)20)14-8-13(9-14)17-24(21,22)15-7-5-4-6-12(15)11-23-2/h4-7,13-14,17H,3,8-11H2,1-2H3,(H,19,20). The summed E-state index contributed by atoms with van der Waals surface area (Å²) in [6.07, 6.45) is 1.24. The van der Waals surface area contributed by atoms with Crippen LogP contribution in [0.1, 0.15) is 25.3 Å². The lowest BCUT2D eigenvalue weighted by Crippen LogP contribution is -2.54. The smallest absolute Gasteiger partial charge is 0.317 e. The summed E-state index contributed by atoms with van der Waals surface area (Å²) in [5.74, 6) is -0.866. The quantitative estimate of drug-likeness (QED) is 0.687. The lowest BCUT2D eigenvalue weighted by Gasteiger charge is -2.42. The Kier molecular flexibility index (Phi) is 6.34. The van der Waals surface area contributed by atoms with E-state index in [-0.39, 0.29) is 30.1 Å². The molecular weight excluding hydrogens is 332 g/mol. The van der Waals surface area contributed by atoms with Gasteiger partial charge in [0.25, 0.3) is 0 Å². The van der Waals surface area contributed by atoms with Gasteiger partial charge in [0.05, 0.1) is 18.0 Å². The Morgan fingerprint density at radius 2 is 2.04 bits per heavy atom. The summed E-state index contributed by atoms with van der Waals surface area (Å²) in [6, 6.07) is 6.69. The Morgan fingerprint density at radius 1 is 1.38 bits per heavy atom. The molecule has 0 unspecified atom stereocenters. The van der Waals surface area contributed by atoms with Crippen LogP contribution in [-0.2, 0) is 26.2 Å². The van der Waals surface area contributed by atoms with Gasteiger partial charge in [0, 0.05) is 19.2 Å². The first kappa shape index (κ1) is 18.9. The minimum Gasteiger partial charge on any atom is -0.480 e. The van der Waals surface area contributed by atoms with E-state index in [9.17, 15) is 13.2 Å². The van der Waals surface area contributed by atoms with E-state index in [4.69, 9.17) is 9.84 Å². The van der Waals surface area contributed by atoms with Crippen LogP contribution in [0.4, 0.5) is 0 Å². The van der Waals surface area contributed by atoms with Gasteiger partial charge in [0.2, 0.25) is 10.0 Å². The Hall–Kier alpha value is -1.48. The second-order valence-corrected chi connectivity index (χ2v) is 7.62. The number of carbonyl (C=O) groups is 1. The number of carboxylic acid groups (broad SMARTS) is 1. The average molecular weight is 356 g/mol. The summed E-state index contributed by atoms with van der Waals surface area (Å²) in [4.78, 5) is 12.9. The molecule has 8 heteroatoms. The molecule has 1 aromatic carbocycles. The van der Waals surface area contributed by atoms with Crippen molar-refractivity contribution in [3.63, 3.8) is 0 Å². The number of methoxy groups -OCH3 is 1. The molecule has 0 saturated heterocycles. The molecule has 0 amide bonds.